The summed E-state index contributed by atoms with van der Waals surface area (Å²) in [5.41, 5.74) is 2.54. The first-order chi connectivity index (χ1) is 10.3. The fourth-order valence-electron chi connectivity index (χ4n) is 2.11. The Labute approximate surface area is 133 Å². The van der Waals surface area contributed by atoms with E-state index in [1.165, 1.54) is 5.56 Å². The Hall–Kier alpha value is -2.03. The third kappa shape index (κ3) is 4.00. The first kappa shape index (κ1) is 16.3. The molecule has 0 saturated heterocycles. The van der Waals surface area contributed by atoms with Gasteiger partial charge in [0.05, 0.1) is 5.56 Å². The van der Waals surface area contributed by atoms with E-state index in [1.807, 2.05) is 24.3 Å². The average Bonchev–Trinajstić information content (AvgIpc) is 2.47. The van der Waals surface area contributed by atoms with Crippen LogP contribution in [-0.4, -0.2) is 13.8 Å². The number of hydrogen-bond acceptors (Lipinski definition) is 2. The second-order valence-electron chi connectivity index (χ2n) is 6.67. The highest BCUT2D eigenvalue weighted by atomic mass is 16.5. The lowest BCUT2D eigenvalue weighted by Crippen LogP contribution is -2.15. The molecule has 0 bridgehead atoms. The predicted molar refractivity (Wildman–Crippen MR) is 91.1 cm³/mol. The number of benzene rings is 2. The molecule has 0 aromatic heterocycles. The monoisotopic (exact) mass is 292 g/mol. The van der Waals surface area contributed by atoms with Crippen molar-refractivity contribution in [3.63, 3.8) is 0 Å². The first-order valence-corrected chi connectivity index (χ1v) is 7.45. The maximum atomic E-state index is 12.0. The molecule has 0 fully saturated rings. The summed E-state index contributed by atoms with van der Waals surface area (Å²) in [4.78, 5) is 12.0. The minimum absolute atomic E-state index is 0.197. The Morgan fingerprint density at radius 1 is 1.00 bits per heavy atom. The lowest BCUT2D eigenvalue weighted by Gasteiger charge is -2.27. The summed E-state index contributed by atoms with van der Waals surface area (Å²) in [6.07, 6.45) is 0. The highest BCUT2D eigenvalue weighted by molar-refractivity contribution is 6.32. The fourth-order valence-corrected chi connectivity index (χ4v) is 2.11. The molecule has 2 radical (unpaired) electrons. The van der Waals surface area contributed by atoms with Crippen LogP contribution >= 0.6 is 0 Å². The van der Waals surface area contributed by atoms with Crippen molar-refractivity contribution in [1.82, 2.24) is 0 Å². The number of ether oxygens (including phenoxy) is 1. The molecule has 1 unspecified atom stereocenters. The SMILES string of the molecule is [B]c1ccc(C(=O)Oc2ccc(C(C)C(C)(C)C)cc2)cc1. The second-order valence-corrected chi connectivity index (χ2v) is 6.67. The molecular formula is C19H21BO2. The van der Waals surface area contributed by atoms with Gasteiger partial charge in [0.15, 0.2) is 0 Å². The van der Waals surface area contributed by atoms with Gasteiger partial charge in [-0.1, -0.05) is 57.4 Å². The summed E-state index contributed by atoms with van der Waals surface area (Å²) >= 11 is 0. The molecule has 0 aliphatic rings. The van der Waals surface area contributed by atoms with Crippen LogP contribution in [-0.2, 0) is 0 Å². The van der Waals surface area contributed by atoms with Gasteiger partial charge in [-0.15, -0.1) is 0 Å². The number of carbonyl (C=O) groups excluding carboxylic acids is 1. The summed E-state index contributed by atoms with van der Waals surface area (Å²) in [5, 5.41) is 0. The zero-order valence-electron chi connectivity index (χ0n) is 13.6. The Kier molecular flexibility index (Phi) is 4.75. The molecular weight excluding hydrogens is 271 g/mol. The standard InChI is InChI=1S/C19H21BO2/c1-13(19(2,3)4)14-7-11-17(12-8-14)22-18(21)15-5-9-16(20)10-6-15/h5-13H,1-4H3. The molecule has 0 heterocycles. The largest absolute Gasteiger partial charge is 0.423 e. The lowest BCUT2D eigenvalue weighted by molar-refractivity contribution is 0.0734. The van der Waals surface area contributed by atoms with Crippen molar-refractivity contribution in [2.24, 2.45) is 5.41 Å². The molecule has 0 amide bonds. The molecule has 0 aliphatic heterocycles. The first-order valence-electron chi connectivity index (χ1n) is 7.45. The van der Waals surface area contributed by atoms with Crippen LogP contribution in [0.4, 0.5) is 0 Å². The summed E-state index contributed by atoms with van der Waals surface area (Å²) in [7, 11) is 5.61. The molecule has 2 rings (SSSR count). The third-order valence-corrected chi connectivity index (χ3v) is 4.04. The molecule has 0 aliphatic carbocycles. The van der Waals surface area contributed by atoms with Gasteiger partial charge in [-0.3, -0.25) is 0 Å². The molecule has 0 N–H and O–H groups in total. The minimum atomic E-state index is -0.378. The van der Waals surface area contributed by atoms with Crippen LogP contribution in [0.2, 0.25) is 0 Å². The third-order valence-electron chi connectivity index (χ3n) is 4.04. The van der Waals surface area contributed by atoms with E-state index in [0.29, 0.717) is 22.7 Å². The molecule has 2 nitrogen and oxygen atoms in total. The molecule has 1 atom stereocenters. The van der Waals surface area contributed by atoms with Crippen molar-refractivity contribution < 1.29 is 9.53 Å². The molecule has 2 aromatic carbocycles. The van der Waals surface area contributed by atoms with Crippen LogP contribution in [0.1, 0.15) is 49.5 Å². The Morgan fingerprint density at radius 3 is 2.05 bits per heavy atom. The van der Waals surface area contributed by atoms with Crippen molar-refractivity contribution >= 4 is 19.3 Å². The number of hydrogen-bond donors (Lipinski definition) is 0. The Balaban J connectivity index is 2.08. The Bertz CT molecular complexity index is 637. The van der Waals surface area contributed by atoms with E-state index >= 15 is 0 Å². The van der Waals surface area contributed by atoms with Gasteiger partial charge in [-0.05, 0) is 41.2 Å². The van der Waals surface area contributed by atoms with Crippen LogP contribution in [0.5, 0.6) is 5.75 Å². The number of rotatable bonds is 3. The molecule has 3 heteroatoms. The maximum absolute atomic E-state index is 12.0. The average molecular weight is 292 g/mol. The summed E-state index contributed by atoms with van der Waals surface area (Å²) in [6.45, 7) is 8.85. The predicted octanol–water partition coefficient (Wildman–Crippen LogP) is 3.85. The molecule has 0 spiro atoms. The van der Waals surface area contributed by atoms with Crippen LogP contribution in [0.3, 0.4) is 0 Å². The number of carbonyl (C=O) groups is 1. The van der Waals surface area contributed by atoms with Crippen molar-refractivity contribution in [2.75, 3.05) is 0 Å². The van der Waals surface area contributed by atoms with Gasteiger partial charge in [0.1, 0.15) is 13.6 Å². The summed E-state index contributed by atoms with van der Waals surface area (Å²) in [6, 6.07) is 14.4. The molecule has 0 saturated carbocycles. The highest BCUT2D eigenvalue weighted by Crippen LogP contribution is 2.34. The van der Waals surface area contributed by atoms with Gasteiger partial charge in [0.25, 0.3) is 0 Å². The van der Waals surface area contributed by atoms with Gasteiger partial charge in [0, 0.05) is 0 Å². The van der Waals surface area contributed by atoms with Gasteiger partial charge in [-0.2, -0.15) is 0 Å². The van der Waals surface area contributed by atoms with E-state index in [1.54, 1.807) is 24.3 Å². The molecule has 22 heavy (non-hydrogen) atoms. The van der Waals surface area contributed by atoms with Crippen LogP contribution in [0.25, 0.3) is 0 Å². The Morgan fingerprint density at radius 2 is 1.55 bits per heavy atom. The van der Waals surface area contributed by atoms with E-state index in [4.69, 9.17) is 12.6 Å². The number of esters is 1. The smallest absolute Gasteiger partial charge is 0.343 e. The second kappa shape index (κ2) is 6.39. The van der Waals surface area contributed by atoms with E-state index < -0.39 is 0 Å². The molecule has 2 aromatic rings. The molecule has 112 valence electrons. The van der Waals surface area contributed by atoms with Crippen molar-refractivity contribution in [2.45, 2.75) is 33.6 Å². The van der Waals surface area contributed by atoms with Crippen LogP contribution in [0, 0.1) is 5.41 Å². The normalized spacial score (nSPS) is 12.7. The quantitative estimate of drug-likeness (QED) is 0.488. The summed E-state index contributed by atoms with van der Waals surface area (Å²) in [5.74, 6) is 0.595. The zero-order valence-corrected chi connectivity index (χ0v) is 13.6. The minimum Gasteiger partial charge on any atom is -0.423 e. The van der Waals surface area contributed by atoms with Crippen molar-refractivity contribution in [1.29, 1.82) is 0 Å². The van der Waals surface area contributed by atoms with Gasteiger partial charge < -0.3 is 4.74 Å². The van der Waals surface area contributed by atoms with E-state index in [9.17, 15) is 4.79 Å². The van der Waals surface area contributed by atoms with Crippen molar-refractivity contribution in [3.05, 3.63) is 59.7 Å². The van der Waals surface area contributed by atoms with E-state index in [-0.39, 0.29) is 11.4 Å². The zero-order chi connectivity index (χ0) is 16.3. The fraction of sp³-hybridized carbons (Fsp3) is 0.316. The van der Waals surface area contributed by atoms with E-state index in [0.717, 1.165) is 0 Å². The van der Waals surface area contributed by atoms with Crippen LogP contribution in [0.15, 0.2) is 48.5 Å². The van der Waals surface area contributed by atoms with Crippen molar-refractivity contribution in [3.8, 4) is 5.75 Å². The topological polar surface area (TPSA) is 26.3 Å². The maximum Gasteiger partial charge on any atom is 0.343 e. The van der Waals surface area contributed by atoms with Gasteiger partial charge in [0.2, 0.25) is 0 Å². The van der Waals surface area contributed by atoms with Gasteiger partial charge in [-0.25, -0.2) is 4.79 Å². The summed E-state index contributed by atoms with van der Waals surface area (Å²) < 4.78 is 5.38. The van der Waals surface area contributed by atoms with Gasteiger partial charge >= 0.3 is 5.97 Å². The van der Waals surface area contributed by atoms with E-state index in [2.05, 4.69) is 27.7 Å². The lowest BCUT2D eigenvalue weighted by atomic mass is 9.78. The van der Waals surface area contributed by atoms with Crippen LogP contribution < -0.4 is 10.2 Å². The highest BCUT2D eigenvalue weighted by Gasteiger charge is 2.21.